The van der Waals surface area contributed by atoms with Crippen molar-refractivity contribution in [2.45, 2.75) is 37.5 Å². The lowest BCUT2D eigenvalue weighted by molar-refractivity contribution is -0.141. The number of rotatable bonds is 4. The van der Waals surface area contributed by atoms with Crippen molar-refractivity contribution in [1.29, 1.82) is 0 Å². The average molecular weight is 436 g/mol. The van der Waals surface area contributed by atoms with Gasteiger partial charge in [0.05, 0.1) is 5.41 Å². The van der Waals surface area contributed by atoms with E-state index in [4.69, 9.17) is 9.72 Å². The third-order valence-corrected chi connectivity index (χ3v) is 7.24. The van der Waals surface area contributed by atoms with Gasteiger partial charge < -0.3 is 19.4 Å². The van der Waals surface area contributed by atoms with Gasteiger partial charge in [0, 0.05) is 58.7 Å². The molecule has 0 aliphatic carbocycles. The summed E-state index contributed by atoms with van der Waals surface area (Å²) in [6, 6.07) is 12.3. The molecule has 3 aliphatic heterocycles. The zero-order chi connectivity index (χ0) is 21.8. The molecule has 1 aromatic carbocycles. The van der Waals surface area contributed by atoms with Crippen molar-refractivity contribution in [2.75, 3.05) is 62.3 Å². The Bertz CT molecular complexity index is 902. The minimum Gasteiger partial charge on any atom is -0.381 e. The van der Waals surface area contributed by atoms with Crippen LogP contribution in [0.3, 0.4) is 0 Å². The van der Waals surface area contributed by atoms with Gasteiger partial charge in [0.25, 0.3) is 0 Å². The van der Waals surface area contributed by atoms with E-state index in [1.54, 1.807) is 0 Å². The highest BCUT2D eigenvalue weighted by molar-refractivity contribution is 5.88. The third-order valence-electron chi connectivity index (χ3n) is 7.24. The largest absolute Gasteiger partial charge is 0.381 e. The van der Waals surface area contributed by atoms with Gasteiger partial charge in [0.1, 0.15) is 5.82 Å². The van der Waals surface area contributed by atoms with Gasteiger partial charge in [-0.3, -0.25) is 4.79 Å². The van der Waals surface area contributed by atoms with Crippen molar-refractivity contribution < 1.29 is 9.53 Å². The first kappa shape index (κ1) is 21.2. The number of ether oxygens (including phenoxy) is 1. The molecule has 0 N–H and O–H groups in total. The Hall–Kier alpha value is -2.67. The molecule has 5 rings (SSSR count). The summed E-state index contributed by atoms with van der Waals surface area (Å²) in [5.74, 6) is 2.06. The lowest BCUT2D eigenvalue weighted by Crippen LogP contribution is -2.56. The first-order valence-electron chi connectivity index (χ1n) is 12.0. The zero-order valence-corrected chi connectivity index (χ0v) is 18.8. The van der Waals surface area contributed by atoms with Crippen LogP contribution in [0, 0.1) is 0 Å². The highest BCUT2D eigenvalue weighted by Gasteiger charge is 2.44. The molecule has 3 saturated heterocycles. The van der Waals surface area contributed by atoms with E-state index in [0.29, 0.717) is 13.2 Å². The molecular formula is C25H33N5O2. The second-order valence-electron chi connectivity index (χ2n) is 9.10. The van der Waals surface area contributed by atoms with Gasteiger partial charge in [0.15, 0.2) is 0 Å². The van der Waals surface area contributed by atoms with Gasteiger partial charge in [-0.1, -0.05) is 30.3 Å². The molecule has 32 heavy (non-hydrogen) atoms. The second-order valence-corrected chi connectivity index (χ2v) is 9.10. The molecule has 0 unspecified atom stereocenters. The zero-order valence-electron chi connectivity index (χ0n) is 18.8. The molecule has 1 amide bonds. The highest BCUT2D eigenvalue weighted by atomic mass is 16.5. The predicted molar refractivity (Wildman–Crippen MR) is 125 cm³/mol. The molecule has 7 nitrogen and oxygen atoms in total. The third kappa shape index (κ3) is 4.18. The van der Waals surface area contributed by atoms with E-state index in [0.717, 1.165) is 69.4 Å². The molecule has 0 spiro atoms. The lowest BCUT2D eigenvalue weighted by Gasteiger charge is -2.43. The quantitative estimate of drug-likeness (QED) is 0.736. The van der Waals surface area contributed by atoms with Crippen LogP contribution in [-0.4, -0.2) is 73.3 Å². The fourth-order valence-corrected chi connectivity index (χ4v) is 5.31. The molecule has 2 aromatic rings. The molecule has 0 bridgehead atoms. The fraction of sp³-hybridized carbons (Fsp3) is 0.560. The number of amides is 1. The lowest BCUT2D eigenvalue weighted by atomic mass is 9.73. The maximum atomic E-state index is 13.8. The van der Waals surface area contributed by atoms with E-state index in [-0.39, 0.29) is 5.91 Å². The van der Waals surface area contributed by atoms with E-state index in [9.17, 15) is 4.79 Å². The topological polar surface area (TPSA) is 61.8 Å². The van der Waals surface area contributed by atoms with Crippen molar-refractivity contribution in [3.8, 4) is 0 Å². The Labute approximate surface area is 190 Å². The fourth-order valence-electron chi connectivity index (χ4n) is 5.31. The summed E-state index contributed by atoms with van der Waals surface area (Å²) in [4.78, 5) is 29.8. The van der Waals surface area contributed by atoms with E-state index >= 15 is 0 Å². The van der Waals surface area contributed by atoms with Gasteiger partial charge in [0.2, 0.25) is 11.9 Å². The maximum Gasteiger partial charge on any atom is 0.233 e. The smallest absolute Gasteiger partial charge is 0.233 e. The maximum absolute atomic E-state index is 13.8. The van der Waals surface area contributed by atoms with Crippen LogP contribution in [0.2, 0.25) is 0 Å². The van der Waals surface area contributed by atoms with Crippen LogP contribution in [0.25, 0.3) is 0 Å². The van der Waals surface area contributed by atoms with Crippen molar-refractivity contribution in [1.82, 2.24) is 14.9 Å². The summed E-state index contributed by atoms with van der Waals surface area (Å²) in [6.45, 7) is 6.39. The molecule has 3 aliphatic rings. The van der Waals surface area contributed by atoms with Crippen LogP contribution in [-0.2, 0) is 14.9 Å². The summed E-state index contributed by atoms with van der Waals surface area (Å²) in [5.41, 5.74) is 0.663. The van der Waals surface area contributed by atoms with Crippen molar-refractivity contribution >= 4 is 17.7 Å². The van der Waals surface area contributed by atoms with Crippen LogP contribution in [0.1, 0.15) is 37.7 Å². The molecule has 3 fully saturated rings. The van der Waals surface area contributed by atoms with Gasteiger partial charge in [-0.2, -0.15) is 4.98 Å². The number of benzene rings is 1. The Morgan fingerprint density at radius 1 is 0.844 bits per heavy atom. The SMILES string of the molecule is O=C(N1CCN(c2ccnc(N3CCCCC3)n2)CC1)C1(c2ccccc2)CCOCC1. The van der Waals surface area contributed by atoms with Crippen molar-refractivity contribution in [3.63, 3.8) is 0 Å². The monoisotopic (exact) mass is 435 g/mol. The Morgan fingerprint density at radius 2 is 1.56 bits per heavy atom. The molecule has 0 radical (unpaired) electrons. The van der Waals surface area contributed by atoms with E-state index < -0.39 is 5.41 Å². The minimum atomic E-state index is -0.460. The second kappa shape index (κ2) is 9.45. The van der Waals surface area contributed by atoms with E-state index in [1.165, 1.54) is 19.3 Å². The molecule has 0 saturated carbocycles. The van der Waals surface area contributed by atoms with Crippen LogP contribution in [0.15, 0.2) is 42.6 Å². The van der Waals surface area contributed by atoms with Gasteiger partial charge in [-0.15, -0.1) is 0 Å². The number of aromatic nitrogens is 2. The molecule has 1 aromatic heterocycles. The van der Waals surface area contributed by atoms with Gasteiger partial charge in [-0.05, 0) is 43.7 Å². The predicted octanol–water partition coefficient (Wildman–Crippen LogP) is 2.86. The average Bonchev–Trinajstić information content (AvgIpc) is 2.90. The number of piperazine rings is 1. The summed E-state index contributed by atoms with van der Waals surface area (Å²) in [6.07, 6.45) is 7.09. The molecule has 7 heteroatoms. The number of hydrogen-bond donors (Lipinski definition) is 0. The number of anilines is 2. The molecule has 4 heterocycles. The van der Waals surface area contributed by atoms with Crippen molar-refractivity contribution in [2.24, 2.45) is 0 Å². The molecular weight excluding hydrogens is 402 g/mol. The summed E-state index contributed by atoms with van der Waals surface area (Å²) < 4.78 is 5.62. The highest BCUT2D eigenvalue weighted by Crippen LogP contribution is 2.37. The van der Waals surface area contributed by atoms with E-state index in [2.05, 4.69) is 31.8 Å². The van der Waals surface area contributed by atoms with Crippen LogP contribution in [0.5, 0.6) is 0 Å². The van der Waals surface area contributed by atoms with Crippen LogP contribution < -0.4 is 9.80 Å². The normalized spacial score (nSPS) is 21.4. The minimum absolute atomic E-state index is 0.253. The Morgan fingerprint density at radius 3 is 2.28 bits per heavy atom. The number of hydrogen-bond acceptors (Lipinski definition) is 6. The first-order valence-corrected chi connectivity index (χ1v) is 12.0. The standard InChI is InChI=1S/C25H33N5O2/c31-23(25(10-19-32-20-11-25)21-7-3-1-4-8-21)29-17-15-28(16-18-29)22-9-12-26-24(27-22)30-13-5-2-6-14-30/h1,3-4,7-9,12H,2,5-6,10-11,13-20H2. The number of carbonyl (C=O) groups is 1. The van der Waals surface area contributed by atoms with Crippen molar-refractivity contribution in [3.05, 3.63) is 48.2 Å². The molecule has 170 valence electrons. The van der Waals surface area contributed by atoms with Gasteiger partial charge in [-0.25, -0.2) is 4.98 Å². The number of piperidine rings is 1. The number of carbonyl (C=O) groups excluding carboxylic acids is 1. The first-order chi connectivity index (χ1) is 15.8. The van der Waals surface area contributed by atoms with Crippen LogP contribution in [0.4, 0.5) is 11.8 Å². The molecule has 0 atom stereocenters. The Balaban J connectivity index is 1.27. The van der Waals surface area contributed by atoms with E-state index in [1.807, 2.05) is 30.5 Å². The number of nitrogens with zero attached hydrogens (tertiary/aromatic N) is 5. The van der Waals surface area contributed by atoms with Crippen LogP contribution >= 0.6 is 0 Å². The Kier molecular flexibility index (Phi) is 6.26. The summed E-state index contributed by atoms with van der Waals surface area (Å²) >= 11 is 0. The van der Waals surface area contributed by atoms with Gasteiger partial charge >= 0.3 is 0 Å². The summed E-state index contributed by atoms with van der Waals surface area (Å²) in [5, 5.41) is 0. The summed E-state index contributed by atoms with van der Waals surface area (Å²) in [7, 11) is 0.